The predicted octanol–water partition coefficient (Wildman–Crippen LogP) is 2.72. The van der Waals surface area contributed by atoms with Crippen molar-refractivity contribution in [3.8, 4) is 0 Å². The number of ether oxygens (including phenoxy) is 1. The van der Waals surface area contributed by atoms with E-state index >= 15 is 0 Å². The van der Waals surface area contributed by atoms with Gasteiger partial charge >= 0.3 is 0 Å². The summed E-state index contributed by atoms with van der Waals surface area (Å²) in [6, 6.07) is 0.427. The maximum absolute atomic E-state index is 12.8. The van der Waals surface area contributed by atoms with E-state index in [0.717, 1.165) is 44.1 Å². The third-order valence-corrected chi connectivity index (χ3v) is 6.82. The van der Waals surface area contributed by atoms with Crippen molar-refractivity contribution in [3.05, 3.63) is 0 Å². The quantitative estimate of drug-likeness (QED) is 0.820. The van der Waals surface area contributed by atoms with Gasteiger partial charge in [0.1, 0.15) is 0 Å². The molecular weight excluding hydrogens is 270 g/mol. The van der Waals surface area contributed by atoms with Crippen molar-refractivity contribution in [1.82, 2.24) is 5.32 Å². The first-order valence-electron chi connectivity index (χ1n) is 8.34. The highest BCUT2D eigenvalue weighted by atomic mass is 32.2. The van der Waals surface area contributed by atoms with Gasteiger partial charge in [0.2, 0.25) is 0 Å². The van der Waals surface area contributed by atoms with E-state index < -0.39 is 10.8 Å². The summed E-state index contributed by atoms with van der Waals surface area (Å²) < 4.78 is 18.5. The topological polar surface area (TPSA) is 38.3 Å². The smallest absolute Gasteiger partial charge is 0.0691 e. The highest BCUT2D eigenvalue weighted by Crippen LogP contribution is 2.33. The molecule has 20 heavy (non-hydrogen) atoms. The number of nitrogens with one attached hydrogen (secondary N) is 1. The Morgan fingerprint density at radius 2 is 2.10 bits per heavy atom. The summed E-state index contributed by atoms with van der Waals surface area (Å²) in [5.74, 6) is 2.04. The van der Waals surface area contributed by atoms with Gasteiger partial charge in [-0.05, 0) is 50.5 Å². The lowest BCUT2D eigenvalue weighted by molar-refractivity contribution is 0.127. The Kier molecular flexibility index (Phi) is 6.50. The lowest BCUT2D eigenvalue weighted by Crippen LogP contribution is -2.51. The Bertz CT molecular complexity index is 318. The van der Waals surface area contributed by atoms with Crippen LogP contribution in [-0.2, 0) is 15.5 Å². The second-order valence-corrected chi connectivity index (χ2v) is 8.40. The zero-order chi connectivity index (χ0) is 14.5. The van der Waals surface area contributed by atoms with Gasteiger partial charge in [-0.2, -0.15) is 0 Å². The Hall–Kier alpha value is 0.0700. The molecule has 1 saturated heterocycles. The van der Waals surface area contributed by atoms with Crippen molar-refractivity contribution < 1.29 is 8.95 Å². The van der Waals surface area contributed by atoms with Crippen LogP contribution >= 0.6 is 0 Å². The van der Waals surface area contributed by atoms with Crippen molar-refractivity contribution in [2.75, 3.05) is 18.9 Å². The summed E-state index contributed by atoms with van der Waals surface area (Å²) in [7, 11) is -0.762. The molecule has 1 N–H and O–H groups in total. The minimum absolute atomic E-state index is 0.245. The van der Waals surface area contributed by atoms with Gasteiger partial charge in [-0.25, -0.2) is 0 Å². The van der Waals surface area contributed by atoms with Crippen LogP contribution in [-0.4, -0.2) is 40.5 Å². The molecule has 6 atom stereocenters. The minimum Gasteiger partial charge on any atom is -0.377 e. The van der Waals surface area contributed by atoms with Crippen LogP contribution in [0, 0.1) is 11.8 Å². The predicted molar refractivity (Wildman–Crippen MR) is 85.4 cm³/mol. The SMILES string of the molecule is CCCNC1CC(C)CC(C)C1S(=O)CC1CCCO1. The molecule has 0 bridgehead atoms. The fourth-order valence-corrected chi connectivity index (χ4v) is 5.93. The summed E-state index contributed by atoms with van der Waals surface area (Å²) in [5, 5.41) is 3.96. The first-order valence-corrected chi connectivity index (χ1v) is 9.72. The van der Waals surface area contributed by atoms with Crippen LogP contribution in [0.3, 0.4) is 0 Å². The molecule has 4 heteroatoms. The first kappa shape index (κ1) is 16.4. The van der Waals surface area contributed by atoms with E-state index in [1.807, 2.05) is 0 Å². The molecule has 118 valence electrons. The highest BCUT2D eigenvalue weighted by molar-refractivity contribution is 7.85. The molecule has 1 aliphatic heterocycles. The fourth-order valence-electron chi connectivity index (χ4n) is 3.87. The van der Waals surface area contributed by atoms with Gasteiger partial charge in [0, 0.05) is 23.4 Å². The van der Waals surface area contributed by atoms with Gasteiger partial charge in [-0.1, -0.05) is 20.8 Å². The Morgan fingerprint density at radius 1 is 1.30 bits per heavy atom. The van der Waals surface area contributed by atoms with Crippen LogP contribution in [0.1, 0.15) is 52.9 Å². The van der Waals surface area contributed by atoms with Crippen molar-refractivity contribution >= 4 is 10.8 Å². The number of hydrogen-bond acceptors (Lipinski definition) is 3. The Balaban J connectivity index is 1.97. The van der Waals surface area contributed by atoms with E-state index in [1.54, 1.807) is 0 Å². The van der Waals surface area contributed by atoms with Crippen LogP contribution < -0.4 is 5.32 Å². The lowest BCUT2D eigenvalue weighted by atomic mass is 9.80. The molecule has 2 aliphatic rings. The van der Waals surface area contributed by atoms with Crippen molar-refractivity contribution in [3.63, 3.8) is 0 Å². The molecule has 0 amide bonds. The molecule has 1 heterocycles. The van der Waals surface area contributed by atoms with E-state index in [0.29, 0.717) is 17.2 Å². The van der Waals surface area contributed by atoms with Gasteiger partial charge in [-0.3, -0.25) is 4.21 Å². The van der Waals surface area contributed by atoms with E-state index in [9.17, 15) is 4.21 Å². The van der Waals surface area contributed by atoms with E-state index in [2.05, 4.69) is 26.1 Å². The molecule has 0 aromatic rings. The molecule has 2 fully saturated rings. The summed E-state index contributed by atoms with van der Waals surface area (Å²) in [5.41, 5.74) is 0. The average molecular weight is 301 g/mol. The van der Waals surface area contributed by atoms with Crippen molar-refractivity contribution in [2.45, 2.75) is 70.3 Å². The third kappa shape index (κ3) is 4.28. The van der Waals surface area contributed by atoms with Crippen molar-refractivity contribution in [1.29, 1.82) is 0 Å². The zero-order valence-electron chi connectivity index (χ0n) is 13.3. The van der Waals surface area contributed by atoms with E-state index in [1.165, 1.54) is 12.8 Å². The molecule has 2 rings (SSSR count). The second kappa shape index (κ2) is 7.90. The standard InChI is InChI=1S/C16H31NO2S/c1-4-7-17-15-10-12(2)9-13(3)16(15)20(18)11-14-6-5-8-19-14/h12-17H,4-11H2,1-3H3. The molecule has 0 aromatic carbocycles. The van der Waals surface area contributed by atoms with Gasteiger partial charge < -0.3 is 10.1 Å². The van der Waals surface area contributed by atoms with Gasteiger partial charge in [0.25, 0.3) is 0 Å². The summed E-state index contributed by atoms with van der Waals surface area (Å²) in [6.45, 7) is 8.71. The fraction of sp³-hybridized carbons (Fsp3) is 1.00. The molecule has 3 nitrogen and oxygen atoms in total. The zero-order valence-corrected chi connectivity index (χ0v) is 14.1. The molecule has 0 radical (unpaired) electrons. The monoisotopic (exact) mass is 301 g/mol. The lowest BCUT2D eigenvalue weighted by Gasteiger charge is -2.40. The molecular formula is C16H31NO2S. The number of hydrogen-bond donors (Lipinski definition) is 1. The van der Waals surface area contributed by atoms with Gasteiger partial charge in [0.05, 0.1) is 17.1 Å². The molecule has 0 aromatic heterocycles. The Labute approximate surface area is 126 Å². The van der Waals surface area contributed by atoms with Crippen LogP contribution in [0.2, 0.25) is 0 Å². The van der Waals surface area contributed by atoms with Crippen LogP contribution in [0.25, 0.3) is 0 Å². The molecule has 1 aliphatic carbocycles. The maximum Gasteiger partial charge on any atom is 0.0691 e. The van der Waals surface area contributed by atoms with Crippen LogP contribution in [0.5, 0.6) is 0 Å². The largest absolute Gasteiger partial charge is 0.377 e. The first-order chi connectivity index (χ1) is 9.61. The van der Waals surface area contributed by atoms with E-state index in [-0.39, 0.29) is 6.10 Å². The summed E-state index contributed by atoms with van der Waals surface area (Å²) >= 11 is 0. The van der Waals surface area contributed by atoms with E-state index in [4.69, 9.17) is 4.74 Å². The van der Waals surface area contributed by atoms with Gasteiger partial charge in [0.15, 0.2) is 0 Å². The second-order valence-electron chi connectivity index (χ2n) is 6.76. The minimum atomic E-state index is -0.762. The molecule has 0 spiro atoms. The third-order valence-electron chi connectivity index (χ3n) is 4.72. The molecule has 6 unspecified atom stereocenters. The summed E-state index contributed by atoms with van der Waals surface area (Å²) in [4.78, 5) is 0. The normalized spacial score (nSPS) is 39.9. The summed E-state index contributed by atoms with van der Waals surface area (Å²) in [6.07, 6.45) is 6.00. The van der Waals surface area contributed by atoms with Crippen LogP contribution in [0.4, 0.5) is 0 Å². The highest BCUT2D eigenvalue weighted by Gasteiger charge is 2.38. The molecule has 1 saturated carbocycles. The number of rotatable bonds is 6. The van der Waals surface area contributed by atoms with Crippen LogP contribution in [0.15, 0.2) is 0 Å². The van der Waals surface area contributed by atoms with Crippen molar-refractivity contribution in [2.24, 2.45) is 11.8 Å². The average Bonchev–Trinajstić information content (AvgIpc) is 2.88. The maximum atomic E-state index is 12.8. The Morgan fingerprint density at radius 3 is 2.75 bits per heavy atom. The van der Waals surface area contributed by atoms with Gasteiger partial charge in [-0.15, -0.1) is 0 Å².